The van der Waals surface area contributed by atoms with Crippen LogP contribution in [0.25, 0.3) is 0 Å². The molecule has 3 heteroatoms. The summed E-state index contributed by atoms with van der Waals surface area (Å²) >= 11 is 4.40. The molecule has 0 amide bonds. The summed E-state index contributed by atoms with van der Waals surface area (Å²) in [4.78, 5) is 0. The third-order valence-electron chi connectivity index (χ3n) is 3.55. The van der Waals surface area contributed by atoms with E-state index in [0.29, 0.717) is 6.04 Å². The van der Waals surface area contributed by atoms with E-state index in [0.717, 1.165) is 23.0 Å². The molecular weight excluding hydrogens is 234 g/mol. The van der Waals surface area contributed by atoms with E-state index in [1.807, 2.05) is 0 Å². The second kappa shape index (κ2) is 7.88. The van der Waals surface area contributed by atoms with E-state index in [1.54, 1.807) is 0 Å². The van der Waals surface area contributed by atoms with Gasteiger partial charge in [-0.05, 0) is 18.9 Å². The van der Waals surface area contributed by atoms with E-state index >= 15 is 0 Å². The SMILES string of the molecule is CCNC(C(C)CC)C1SCCSC1CC. The molecule has 1 N–H and O–H groups in total. The van der Waals surface area contributed by atoms with Crippen molar-refractivity contribution in [3.8, 4) is 0 Å². The van der Waals surface area contributed by atoms with E-state index in [4.69, 9.17) is 0 Å². The van der Waals surface area contributed by atoms with Gasteiger partial charge < -0.3 is 5.32 Å². The Hall–Kier alpha value is 0.660. The van der Waals surface area contributed by atoms with Gasteiger partial charge in [-0.1, -0.05) is 34.1 Å². The average molecular weight is 261 g/mol. The van der Waals surface area contributed by atoms with Crippen molar-refractivity contribution in [2.24, 2.45) is 5.92 Å². The summed E-state index contributed by atoms with van der Waals surface area (Å²) in [7, 11) is 0. The predicted octanol–water partition coefficient (Wildman–Crippen LogP) is 3.64. The molecule has 0 bridgehead atoms. The Bertz CT molecular complexity index is 185. The molecule has 1 aliphatic rings. The summed E-state index contributed by atoms with van der Waals surface area (Å²) in [5.41, 5.74) is 0. The van der Waals surface area contributed by atoms with Crippen molar-refractivity contribution < 1.29 is 0 Å². The zero-order valence-electron chi connectivity index (χ0n) is 11.2. The first-order valence-corrected chi connectivity index (χ1v) is 8.80. The highest BCUT2D eigenvalue weighted by molar-refractivity contribution is 8.07. The van der Waals surface area contributed by atoms with Crippen LogP contribution in [0.1, 0.15) is 40.5 Å². The lowest BCUT2D eigenvalue weighted by molar-refractivity contribution is 0.357. The molecule has 1 saturated heterocycles. The van der Waals surface area contributed by atoms with Crippen LogP contribution < -0.4 is 5.32 Å². The molecule has 4 unspecified atom stereocenters. The number of nitrogens with one attached hydrogen (secondary N) is 1. The normalized spacial score (nSPS) is 30.0. The molecule has 0 spiro atoms. The Balaban J connectivity index is 2.65. The Morgan fingerprint density at radius 3 is 2.44 bits per heavy atom. The van der Waals surface area contributed by atoms with Crippen LogP contribution in [-0.4, -0.2) is 34.6 Å². The minimum Gasteiger partial charge on any atom is -0.313 e. The third kappa shape index (κ3) is 3.85. The van der Waals surface area contributed by atoms with Gasteiger partial charge >= 0.3 is 0 Å². The smallest absolute Gasteiger partial charge is 0.0322 e. The lowest BCUT2D eigenvalue weighted by Gasteiger charge is -2.39. The first-order valence-electron chi connectivity index (χ1n) is 6.71. The standard InChI is InChI=1S/C13H27NS2/c1-5-10(4)12(14-7-3)13-11(6-2)15-8-9-16-13/h10-14H,5-9H2,1-4H3. The van der Waals surface area contributed by atoms with Gasteiger partial charge in [0.05, 0.1) is 0 Å². The Morgan fingerprint density at radius 1 is 1.19 bits per heavy atom. The lowest BCUT2D eigenvalue weighted by atomic mass is 9.93. The van der Waals surface area contributed by atoms with Gasteiger partial charge in [0, 0.05) is 28.0 Å². The molecular formula is C13H27NS2. The zero-order valence-corrected chi connectivity index (χ0v) is 12.8. The molecule has 0 saturated carbocycles. The van der Waals surface area contributed by atoms with Crippen molar-refractivity contribution in [3.63, 3.8) is 0 Å². The van der Waals surface area contributed by atoms with Crippen molar-refractivity contribution in [2.75, 3.05) is 18.1 Å². The summed E-state index contributed by atoms with van der Waals surface area (Å²) in [6, 6.07) is 0.706. The maximum atomic E-state index is 3.73. The fraction of sp³-hybridized carbons (Fsp3) is 1.00. The van der Waals surface area contributed by atoms with Gasteiger partial charge in [-0.15, -0.1) is 0 Å². The topological polar surface area (TPSA) is 12.0 Å². The number of hydrogen-bond donors (Lipinski definition) is 1. The van der Waals surface area contributed by atoms with Crippen molar-refractivity contribution >= 4 is 23.5 Å². The molecule has 0 aromatic carbocycles. The first-order chi connectivity index (χ1) is 7.74. The maximum absolute atomic E-state index is 3.73. The van der Waals surface area contributed by atoms with E-state index in [9.17, 15) is 0 Å². The second-order valence-corrected chi connectivity index (χ2v) is 7.25. The Kier molecular flexibility index (Phi) is 7.25. The Labute approximate surface area is 110 Å². The van der Waals surface area contributed by atoms with Crippen molar-refractivity contribution in [1.82, 2.24) is 5.32 Å². The van der Waals surface area contributed by atoms with Gasteiger partial charge in [-0.3, -0.25) is 0 Å². The van der Waals surface area contributed by atoms with Crippen molar-refractivity contribution in [1.29, 1.82) is 0 Å². The molecule has 0 aliphatic carbocycles. The quantitative estimate of drug-likeness (QED) is 0.784. The molecule has 0 aromatic heterocycles. The number of rotatable bonds is 6. The van der Waals surface area contributed by atoms with Crippen LogP contribution in [0.15, 0.2) is 0 Å². The van der Waals surface area contributed by atoms with Gasteiger partial charge in [-0.2, -0.15) is 23.5 Å². The summed E-state index contributed by atoms with van der Waals surface area (Å²) in [5.74, 6) is 3.48. The molecule has 1 fully saturated rings. The van der Waals surface area contributed by atoms with E-state index < -0.39 is 0 Å². The largest absolute Gasteiger partial charge is 0.313 e. The van der Waals surface area contributed by atoms with Crippen LogP contribution in [0.4, 0.5) is 0 Å². The molecule has 1 aliphatic heterocycles. The summed E-state index contributed by atoms with van der Waals surface area (Å²) < 4.78 is 0. The van der Waals surface area contributed by atoms with Crippen LogP contribution >= 0.6 is 23.5 Å². The molecule has 4 atom stereocenters. The summed E-state index contributed by atoms with van der Waals surface area (Å²) in [6.07, 6.45) is 2.61. The van der Waals surface area contributed by atoms with Gasteiger partial charge in [-0.25, -0.2) is 0 Å². The number of thioether (sulfide) groups is 2. The van der Waals surface area contributed by atoms with E-state index in [1.165, 1.54) is 24.3 Å². The van der Waals surface area contributed by atoms with Crippen LogP contribution in [-0.2, 0) is 0 Å². The van der Waals surface area contributed by atoms with Gasteiger partial charge in [0.2, 0.25) is 0 Å². The van der Waals surface area contributed by atoms with Gasteiger partial charge in [0.25, 0.3) is 0 Å². The summed E-state index contributed by atoms with van der Waals surface area (Å²) in [6.45, 7) is 10.4. The van der Waals surface area contributed by atoms with Gasteiger partial charge in [0.15, 0.2) is 0 Å². The van der Waals surface area contributed by atoms with Crippen LogP contribution in [0.5, 0.6) is 0 Å². The van der Waals surface area contributed by atoms with Crippen LogP contribution in [0.2, 0.25) is 0 Å². The molecule has 1 nitrogen and oxygen atoms in total. The molecule has 16 heavy (non-hydrogen) atoms. The summed E-state index contributed by atoms with van der Waals surface area (Å²) in [5, 5.41) is 5.41. The van der Waals surface area contributed by atoms with Crippen molar-refractivity contribution in [3.05, 3.63) is 0 Å². The molecule has 96 valence electrons. The highest BCUT2D eigenvalue weighted by atomic mass is 32.2. The highest BCUT2D eigenvalue weighted by Gasteiger charge is 2.33. The minimum atomic E-state index is 0.706. The van der Waals surface area contributed by atoms with Gasteiger partial charge in [0.1, 0.15) is 0 Å². The molecule has 0 aromatic rings. The average Bonchev–Trinajstić information content (AvgIpc) is 2.35. The van der Waals surface area contributed by atoms with E-state index in [2.05, 4.69) is 56.5 Å². The Morgan fingerprint density at radius 2 is 1.88 bits per heavy atom. The predicted molar refractivity (Wildman–Crippen MR) is 79.7 cm³/mol. The number of hydrogen-bond acceptors (Lipinski definition) is 3. The second-order valence-electron chi connectivity index (χ2n) is 4.62. The van der Waals surface area contributed by atoms with Crippen LogP contribution in [0.3, 0.4) is 0 Å². The first kappa shape index (κ1) is 14.7. The molecule has 1 heterocycles. The monoisotopic (exact) mass is 261 g/mol. The molecule has 1 rings (SSSR count). The highest BCUT2D eigenvalue weighted by Crippen LogP contribution is 2.37. The fourth-order valence-corrected chi connectivity index (χ4v) is 5.79. The maximum Gasteiger partial charge on any atom is 0.0322 e. The minimum absolute atomic E-state index is 0.706. The lowest BCUT2D eigenvalue weighted by Crippen LogP contribution is -2.48. The van der Waals surface area contributed by atoms with Crippen molar-refractivity contribution in [2.45, 2.75) is 57.1 Å². The van der Waals surface area contributed by atoms with E-state index in [-0.39, 0.29) is 0 Å². The van der Waals surface area contributed by atoms with Crippen LogP contribution in [0, 0.1) is 5.92 Å². The fourth-order valence-electron chi connectivity index (χ4n) is 2.40. The molecule has 0 radical (unpaired) electrons. The third-order valence-corrected chi connectivity index (χ3v) is 6.92. The zero-order chi connectivity index (χ0) is 12.0.